The Hall–Kier alpha value is -3.55. The van der Waals surface area contributed by atoms with Gasteiger partial charge < -0.3 is 25.4 Å². The molecule has 32 heavy (non-hydrogen) atoms. The molecular formula is C24H29N5O3. The second-order valence-electron chi connectivity index (χ2n) is 7.95. The molecule has 3 N–H and O–H groups in total. The number of benzene rings is 2. The highest BCUT2D eigenvalue weighted by atomic mass is 16.5. The number of fused-ring (bicyclic) bond motifs is 1. The number of carbonyl (C=O) groups is 1. The SMILES string of the molecule is COc1cc2nc(N3CCC(NC(=O)CCc4ccccc4)CC3)nc(N)c2cc1OC. The first-order valence-corrected chi connectivity index (χ1v) is 10.8. The van der Waals surface area contributed by atoms with Crippen LogP contribution in [0, 0.1) is 0 Å². The van der Waals surface area contributed by atoms with E-state index in [1.54, 1.807) is 20.3 Å². The summed E-state index contributed by atoms with van der Waals surface area (Å²) >= 11 is 0. The number of hydrogen-bond acceptors (Lipinski definition) is 7. The number of rotatable bonds is 7. The first-order valence-electron chi connectivity index (χ1n) is 10.8. The molecular weight excluding hydrogens is 406 g/mol. The third-order valence-corrected chi connectivity index (χ3v) is 5.85. The van der Waals surface area contributed by atoms with Gasteiger partial charge in [0.1, 0.15) is 5.82 Å². The Labute approximate surface area is 187 Å². The van der Waals surface area contributed by atoms with Crippen LogP contribution in [0.15, 0.2) is 42.5 Å². The highest BCUT2D eigenvalue weighted by Crippen LogP contribution is 2.34. The molecule has 0 saturated carbocycles. The predicted octanol–water partition coefficient (Wildman–Crippen LogP) is 2.95. The van der Waals surface area contributed by atoms with E-state index in [1.165, 1.54) is 5.56 Å². The minimum absolute atomic E-state index is 0.0968. The topological polar surface area (TPSA) is 103 Å². The van der Waals surface area contributed by atoms with Crippen LogP contribution in [0.3, 0.4) is 0 Å². The van der Waals surface area contributed by atoms with Gasteiger partial charge in [-0.3, -0.25) is 4.79 Å². The van der Waals surface area contributed by atoms with Crippen LogP contribution in [0.5, 0.6) is 11.5 Å². The van der Waals surface area contributed by atoms with Gasteiger partial charge in [0.05, 0.1) is 19.7 Å². The van der Waals surface area contributed by atoms with Crippen LogP contribution in [-0.4, -0.2) is 49.2 Å². The number of nitrogens with one attached hydrogen (secondary N) is 1. The van der Waals surface area contributed by atoms with Gasteiger partial charge in [0.2, 0.25) is 11.9 Å². The number of piperidine rings is 1. The molecule has 3 aromatic rings. The zero-order chi connectivity index (χ0) is 22.5. The molecule has 0 bridgehead atoms. The fourth-order valence-corrected chi connectivity index (χ4v) is 4.03. The summed E-state index contributed by atoms with van der Waals surface area (Å²) in [4.78, 5) is 23.7. The highest BCUT2D eigenvalue weighted by Gasteiger charge is 2.23. The van der Waals surface area contributed by atoms with Crippen LogP contribution >= 0.6 is 0 Å². The number of nitrogens with zero attached hydrogens (tertiary/aromatic N) is 3. The van der Waals surface area contributed by atoms with E-state index in [0.717, 1.165) is 37.7 Å². The second kappa shape index (κ2) is 9.72. The first-order chi connectivity index (χ1) is 15.6. The second-order valence-corrected chi connectivity index (χ2v) is 7.95. The van der Waals surface area contributed by atoms with E-state index in [2.05, 4.69) is 15.2 Å². The number of nitrogens with two attached hydrogens (primary N) is 1. The number of anilines is 2. The van der Waals surface area contributed by atoms with Crippen LogP contribution in [0.4, 0.5) is 11.8 Å². The van der Waals surface area contributed by atoms with Crippen molar-refractivity contribution in [3.05, 3.63) is 48.0 Å². The molecule has 8 heteroatoms. The lowest BCUT2D eigenvalue weighted by atomic mass is 10.0. The smallest absolute Gasteiger partial charge is 0.227 e. The zero-order valence-corrected chi connectivity index (χ0v) is 18.5. The normalized spacial score (nSPS) is 14.4. The van der Waals surface area contributed by atoms with Gasteiger partial charge in [0, 0.05) is 37.0 Å². The van der Waals surface area contributed by atoms with E-state index in [1.807, 2.05) is 36.4 Å². The number of aromatic nitrogens is 2. The van der Waals surface area contributed by atoms with Crippen LogP contribution in [0.25, 0.3) is 10.9 Å². The van der Waals surface area contributed by atoms with Gasteiger partial charge in [0.15, 0.2) is 11.5 Å². The van der Waals surface area contributed by atoms with Crippen molar-refractivity contribution in [2.24, 2.45) is 0 Å². The minimum Gasteiger partial charge on any atom is -0.493 e. The molecule has 0 atom stereocenters. The fraction of sp³-hybridized carbons (Fsp3) is 0.375. The maximum absolute atomic E-state index is 12.4. The van der Waals surface area contributed by atoms with Crippen molar-refractivity contribution in [2.75, 3.05) is 37.9 Å². The lowest BCUT2D eigenvalue weighted by Gasteiger charge is -2.32. The Morgan fingerprint density at radius 3 is 2.47 bits per heavy atom. The van der Waals surface area contributed by atoms with Crippen molar-refractivity contribution in [1.82, 2.24) is 15.3 Å². The molecule has 1 amide bonds. The largest absolute Gasteiger partial charge is 0.493 e. The molecule has 8 nitrogen and oxygen atoms in total. The van der Waals surface area contributed by atoms with E-state index < -0.39 is 0 Å². The maximum Gasteiger partial charge on any atom is 0.227 e. The Kier molecular flexibility index (Phi) is 6.58. The molecule has 0 aliphatic carbocycles. The van der Waals surface area contributed by atoms with E-state index in [0.29, 0.717) is 35.2 Å². The third-order valence-electron chi connectivity index (χ3n) is 5.85. The summed E-state index contributed by atoms with van der Waals surface area (Å²) in [5.41, 5.74) is 8.11. The molecule has 0 spiro atoms. The van der Waals surface area contributed by atoms with Gasteiger partial charge in [-0.05, 0) is 30.9 Å². The molecule has 0 unspecified atom stereocenters. The molecule has 1 fully saturated rings. The summed E-state index contributed by atoms with van der Waals surface area (Å²) in [5.74, 6) is 2.28. The zero-order valence-electron chi connectivity index (χ0n) is 18.5. The van der Waals surface area contributed by atoms with Gasteiger partial charge >= 0.3 is 0 Å². The first kappa shape index (κ1) is 21.7. The van der Waals surface area contributed by atoms with Gasteiger partial charge in [0.25, 0.3) is 0 Å². The van der Waals surface area contributed by atoms with E-state index in [4.69, 9.17) is 20.2 Å². The van der Waals surface area contributed by atoms with Crippen molar-refractivity contribution in [3.8, 4) is 11.5 Å². The summed E-state index contributed by atoms with van der Waals surface area (Å²) in [6, 6.07) is 13.8. The monoisotopic (exact) mass is 435 g/mol. The quantitative estimate of drug-likeness (QED) is 0.588. The van der Waals surface area contributed by atoms with Crippen molar-refractivity contribution >= 4 is 28.6 Å². The molecule has 0 radical (unpaired) electrons. The summed E-state index contributed by atoms with van der Waals surface area (Å²) < 4.78 is 10.7. The van der Waals surface area contributed by atoms with Gasteiger partial charge in [-0.15, -0.1) is 0 Å². The lowest BCUT2D eigenvalue weighted by molar-refractivity contribution is -0.121. The highest BCUT2D eigenvalue weighted by molar-refractivity contribution is 5.91. The van der Waals surface area contributed by atoms with Gasteiger partial charge in [-0.2, -0.15) is 4.98 Å². The van der Waals surface area contributed by atoms with Gasteiger partial charge in [-0.1, -0.05) is 30.3 Å². The standard InChI is InChI=1S/C24H29N5O3/c1-31-20-14-18-19(15-21(20)32-2)27-24(28-23(18)25)29-12-10-17(11-13-29)26-22(30)9-8-16-6-4-3-5-7-16/h3-7,14-15,17H,8-13H2,1-2H3,(H,26,30)(H2,25,27,28). The Morgan fingerprint density at radius 1 is 1.09 bits per heavy atom. The average molecular weight is 436 g/mol. The number of methoxy groups -OCH3 is 2. The Morgan fingerprint density at radius 2 is 1.78 bits per heavy atom. The van der Waals surface area contributed by atoms with Crippen LogP contribution in [0.2, 0.25) is 0 Å². The number of carbonyl (C=O) groups excluding carboxylic acids is 1. The van der Waals surface area contributed by atoms with Gasteiger partial charge in [-0.25, -0.2) is 4.98 Å². The number of nitrogen functional groups attached to an aromatic ring is 1. The summed E-state index contributed by atoms with van der Waals surface area (Å²) in [6.45, 7) is 1.50. The Balaban J connectivity index is 1.36. The number of ether oxygens (including phenoxy) is 2. The molecule has 168 valence electrons. The van der Waals surface area contributed by atoms with Crippen molar-refractivity contribution in [2.45, 2.75) is 31.7 Å². The average Bonchev–Trinajstić information content (AvgIpc) is 2.83. The van der Waals surface area contributed by atoms with Crippen LogP contribution in [0.1, 0.15) is 24.8 Å². The van der Waals surface area contributed by atoms with E-state index in [-0.39, 0.29) is 11.9 Å². The molecule has 2 aromatic carbocycles. The molecule has 1 saturated heterocycles. The minimum atomic E-state index is 0.0968. The maximum atomic E-state index is 12.4. The Bertz CT molecular complexity index is 1080. The molecule has 2 heterocycles. The van der Waals surface area contributed by atoms with Crippen LogP contribution < -0.4 is 25.4 Å². The fourth-order valence-electron chi connectivity index (χ4n) is 4.03. The number of amides is 1. The lowest BCUT2D eigenvalue weighted by Crippen LogP contribution is -2.45. The summed E-state index contributed by atoms with van der Waals surface area (Å²) in [7, 11) is 3.17. The summed E-state index contributed by atoms with van der Waals surface area (Å²) in [5, 5.41) is 3.90. The third kappa shape index (κ3) is 4.85. The predicted molar refractivity (Wildman–Crippen MR) is 125 cm³/mol. The summed E-state index contributed by atoms with van der Waals surface area (Å²) in [6.07, 6.45) is 2.93. The molecule has 1 aliphatic heterocycles. The van der Waals surface area contributed by atoms with Crippen LogP contribution in [-0.2, 0) is 11.2 Å². The number of hydrogen-bond donors (Lipinski definition) is 2. The molecule has 4 rings (SSSR count). The van der Waals surface area contributed by atoms with Crippen molar-refractivity contribution in [3.63, 3.8) is 0 Å². The van der Waals surface area contributed by atoms with E-state index >= 15 is 0 Å². The molecule has 1 aromatic heterocycles. The van der Waals surface area contributed by atoms with Crippen molar-refractivity contribution in [1.29, 1.82) is 0 Å². The molecule has 1 aliphatic rings. The van der Waals surface area contributed by atoms with E-state index in [9.17, 15) is 4.79 Å². The number of aryl methyl sites for hydroxylation is 1. The van der Waals surface area contributed by atoms with Crippen molar-refractivity contribution < 1.29 is 14.3 Å².